The molecule has 1 aromatic rings. The number of aliphatic hydroxyl groups is 3. The minimum absolute atomic E-state index is 0.00907. The highest BCUT2D eigenvalue weighted by molar-refractivity contribution is 5.69. The standard InChI is InChI=1S/C12H17N3O7/c1-2-8(17)22-14-7-3-4-15(12(20)13-7)11-10(19)9(18)6(5-16)21-11/h3-4,6,9-11,16,18-19H,2,5H2,1H3,(H,13,14,20)/t6-,9-,10-,11-/m1/s1. The molecular weight excluding hydrogens is 298 g/mol. The van der Waals surface area contributed by atoms with Crippen molar-refractivity contribution in [3.8, 4) is 0 Å². The highest BCUT2D eigenvalue weighted by Crippen LogP contribution is 2.28. The number of anilines is 1. The molecule has 0 aliphatic carbocycles. The molecule has 0 aromatic carbocycles. The van der Waals surface area contributed by atoms with E-state index in [0.29, 0.717) is 0 Å². The van der Waals surface area contributed by atoms with Crippen molar-refractivity contribution in [2.24, 2.45) is 0 Å². The summed E-state index contributed by atoms with van der Waals surface area (Å²) in [5, 5.41) is 28.5. The highest BCUT2D eigenvalue weighted by Gasteiger charge is 2.43. The number of carbonyl (C=O) groups excluding carboxylic acids is 1. The molecule has 0 unspecified atom stereocenters. The van der Waals surface area contributed by atoms with Gasteiger partial charge in [-0.2, -0.15) is 4.98 Å². The Bertz CT molecular complexity index is 590. The van der Waals surface area contributed by atoms with Gasteiger partial charge in [0.1, 0.15) is 18.3 Å². The van der Waals surface area contributed by atoms with E-state index in [9.17, 15) is 19.8 Å². The summed E-state index contributed by atoms with van der Waals surface area (Å²) in [5.41, 5.74) is 1.44. The number of nitrogens with zero attached hydrogens (tertiary/aromatic N) is 2. The first kappa shape index (κ1) is 16.4. The summed E-state index contributed by atoms with van der Waals surface area (Å²) in [7, 11) is 0. The van der Waals surface area contributed by atoms with Gasteiger partial charge in [0.05, 0.1) is 6.61 Å². The smallest absolute Gasteiger partial charge is 0.351 e. The summed E-state index contributed by atoms with van der Waals surface area (Å²) >= 11 is 0. The molecule has 2 rings (SSSR count). The molecule has 4 atom stereocenters. The minimum Gasteiger partial charge on any atom is -0.394 e. The molecule has 0 saturated carbocycles. The van der Waals surface area contributed by atoms with Crippen LogP contribution in [0.5, 0.6) is 0 Å². The number of aliphatic hydroxyl groups excluding tert-OH is 3. The third-order valence-corrected chi connectivity index (χ3v) is 3.18. The molecule has 2 heterocycles. The van der Waals surface area contributed by atoms with Crippen LogP contribution >= 0.6 is 0 Å². The number of ether oxygens (including phenoxy) is 1. The van der Waals surface area contributed by atoms with Gasteiger partial charge in [-0.15, -0.1) is 0 Å². The van der Waals surface area contributed by atoms with Crippen LogP contribution in [0.15, 0.2) is 17.1 Å². The molecule has 4 N–H and O–H groups in total. The van der Waals surface area contributed by atoms with Gasteiger partial charge >= 0.3 is 11.7 Å². The van der Waals surface area contributed by atoms with E-state index in [4.69, 9.17) is 9.84 Å². The van der Waals surface area contributed by atoms with E-state index >= 15 is 0 Å². The summed E-state index contributed by atoms with van der Waals surface area (Å²) in [6.07, 6.45) is -3.43. The van der Waals surface area contributed by atoms with Crippen LogP contribution in [-0.4, -0.2) is 55.8 Å². The van der Waals surface area contributed by atoms with Crippen molar-refractivity contribution < 1.29 is 29.7 Å². The second kappa shape index (κ2) is 6.83. The van der Waals surface area contributed by atoms with Crippen LogP contribution < -0.4 is 11.2 Å². The Morgan fingerprint density at radius 3 is 2.77 bits per heavy atom. The fourth-order valence-corrected chi connectivity index (χ4v) is 1.95. The third kappa shape index (κ3) is 3.25. The van der Waals surface area contributed by atoms with E-state index in [2.05, 4.69) is 15.3 Å². The van der Waals surface area contributed by atoms with Crippen LogP contribution in [0.25, 0.3) is 0 Å². The number of hydrogen-bond donors (Lipinski definition) is 4. The van der Waals surface area contributed by atoms with Crippen molar-refractivity contribution in [1.29, 1.82) is 0 Å². The number of aromatic nitrogens is 2. The number of hydrogen-bond acceptors (Lipinski definition) is 9. The van der Waals surface area contributed by atoms with Crippen LogP contribution in [0.3, 0.4) is 0 Å². The zero-order valence-corrected chi connectivity index (χ0v) is 11.7. The molecule has 1 saturated heterocycles. The van der Waals surface area contributed by atoms with Gasteiger partial charge < -0.3 is 24.9 Å². The Kier molecular flexibility index (Phi) is 5.08. The van der Waals surface area contributed by atoms with Gasteiger partial charge in [0.15, 0.2) is 12.0 Å². The molecule has 1 fully saturated rings. The summed E-state index contributed by atoms with van der Waals surface area (Å²) in [4.78, 5) is 31.2. The number of nitrogens with one attached hydrogen (secondary N) is 1. The second-order valence-electron chi connectivity index (χ2n) is 4.66. The van der Waals surface area contributed by atoms with Crippen LogP contribution in [0.4, 0.5) is 5.82 Å². The SMILES string of the molecule is CCC(=O)ONc1ccn([C@@H]2O[C@H](CO)[C@@H](O)[C@H]2O)c(=O)n1. The summed E-state index contributed by atoms with van der Waals surface area (Å²) in [6.45, 7) is 1.11. The lowest BCUT2D eigenvalue weighted by atomic mass is 10.1. The predicted octanol–water partition coefficient (Wildman–Crippen LogP) is -1.87. The molecule has 122 valence electrons. The van der Waals surface area contributed by atoms with Crippen LogP contribution in [-0.2, 0) is 14.4 Å². The maximum atomic E-state index is 11.9. The van der Waals surface area contributed by atoms with Crippen LogP contribution in [0, 0.1) is 0 Å². The first-order valence-corrected chi connectivity index (χ1v) is 6.65. The zero-order chi connectivity index (χ0) is 16.3. The van der Waals surface area contributed by atoms with Gasteiger partial charge in [-0.25, -0.2) is 15.1 Å². The summed E-state index contributed by atoms with van der Waals surface area (Å²) in [5.74, 6) is -0.510. The van der Waals surface area contributed by atoms with Gasteiger partial charge in [-0.3, -0.25) is 4.57 Å². The van der Waals surface area contributed by atoms with Crippen molar-refractivity contribution in [2.75, 3.05) is 12.1 Å². The maximum Gasteiger partial charge on any atom is 0.351 e. The quantitative estimate of drug-likeness (QED) is 0.460. The Morgan fingerprint density at radius 1 is 1.50 bits per heavy atom. The van der Waals surface area contributed by atoms with E-state index in [1.807, 2.05) is 0 Å². The van der Waals surface area contributed by atoms with Gasteiger partial charge in [0, 0.05) is 18.7 Å². The fraction of sp³-hybridized carbons (Fsp3) is 0.583. The van der Waals surface area contributed by atoms with Crippen molar-refractivity contribution in [2.45, 2.75) is 37.9 Å². The largest absolute Gasteiger partial charge is 0.394 e. The monoisotopic (exact) mass is 315 g/mol. The average Bonchev–Trinajstić information content (AvgIpc) is 2.80. The maximum absolute atomic E-state index is 11.9. The Balaban J connectivity index is 2.13. The second-order valence-corrected chi connectivity index (χ2v) is 4.66. The number of rotatable bonds is 5. The average molecular weight is 315 g/mol. The van der Waals surface area contributed by atoms with E-state index in [-0.39, 0.29) is 12.2 Å². The molecule has 1 aliphatic heterocycles. The van der Waals surface area contributed by atoms with Crippen molar-refractivity contribution in [3.05, 3.63) is 22.7 Å². The molecular formula is C12H17N3O7. The van der Waals surface area contributed by atoms with Crippen LogP contribution in [0.2, 0.25) is 0 Å². The van der Waals surface area contributed by atoms with E-state index in [1.165, 1.54) is 12.3 Å². The first-order chi connectivity index (χ1) is 10.5. The van der Waals surface area contributed by atoms with E-state index in [0.717, 1.165) is 4.57 Å². The molecule has 22 heavy (non-hydrogen) atoms. The number of carbonyl (C=O) groups is 1. The van der Waals surface area contributed by atoms with E-state index < -0.39 is 42.8 Å². The van der Waals surface area contributed by atoms with Gasteiger partial charge in [0.25, 0.3) is 0 Å². The molecule has 0 radical (unpaired) electrons. The summed E-state index contributed by atoms with van der Waals surface area (Å²) < 4.78 is 6.19. The van der Waals surface area contributed by atoms with Crippen molar-refractivity contribution in [1.82, 2.24) is 9.55 Å². The molecule has 1 aliphatic rings. The van der Waals surface area contributed by atoms with Crippen molar-refractivity contribution >= 4 is 11.8 Å². The zero-order valence-electron chi connectivity index (χ0n) is 11.7. The highest BCUT2D eigenvalue weighted by atomic mass is 16.7. The lowest BCUT2D eigenvalue weighted by Gasteiger charge is -2.17. The van der Waals surface area contributed by atoms with E-state index in [1.54, 1.807) is 6.92 Å². The summed E-state index contributed by atoms with van der Waals surface area (Å²) in [6, 6.07) is 1.33. The van der Waals surface area contributed by atoms with Gasteiger partial charge in [-0.1, -0.05) is 6.92 Å². The lowest BCUT2D eigenvalue weighted by molar-refractivity contribution is -0.140. The van der Waals surface area contributed by atoms with Crippen molar-refractivity contribution in [3.63, 3.8) is 0 Å². The Labute approximate surface area is 124 Å². The minimum atomic E-state index is -1.38. The van der Waals surface area contributed by atoms with Gasteiger partial charge in [0.2, 0.25) is 0 Å². The fourth-order valence-electron chi connectivity index (χ4n) is 1.95. The topological polar surface area (TPSA) is 143 Å². The molecule has 0 bridgehead atoms. The predicted molar refractivity (Wildman–Crippen MR) is 71.5 cm³/mol. The van der Waals surface area contributed by atoms with Crippen LogP contribution in [0.1, 0.15) is 19.6 Å². The first-order valence-electron chi connectivity index (χ1n) is 6.65. The molecule has 10 nitrogen and oxygen atoms in total. The molecule has 0 spiro atoms. The lowest BCUT2D eigenvalue weighted by Crippen LogP contribution is -2.36. The third-order valence-electron chi connectivity index (χ3n) is 3.18. The Morgan fingerprint density at radius 2 is 2.23 bits per heavy atom. The molecule has 1 aromatic heterocycles. The molecule has 0 amide bonds. The van der Waals surface area contributed by atoms with Gasteiger partial charge in [-0.05, 0) is 0 Å². The Hall–Kier alpha value is -2.01. The normalized spacial score (nSPS) is 27.6. The molecule has 10 heteroatoms.